The van der Waals surface area contributed by atoms with Crippen LogP contribution in [0.2, 0.25) is 5.02 Å². The van der Waals surface area contributed by atoms with Crippen LogP contribution in [0.3, 0.4) is 0 Å². The fourth-order valence-electron chi connectivity index (χ4n) is 4.31. The zero-order valence-corrected chi connectivity index (χ0v) is 16.1. The zero-order chi connectivity index (χ0) is 18.9. The molecule has 6 nitrogen and oxygen atoms in total. The molecule has 3 fully saturated rings. The van der Waals surface area contributed by atoms with Crippen molar-refractivity contribution in [2.75, 3.05) is 32.8 Å². The van der Waals surface area contributed by atoms with E-state index in [1.807, 2.05) is 29.2 Å². The van der Waals surface area contributed by atoms with Crippen LogP contribution in [0.15, 0.2) is 24.3 Å². The number of carbonyl (C=O) groups excluding carboxylic acids is 2. The molecular formula is C20H25ClN2O4. The molecule has 7 heteroatoms. The van der Waals surface area contributed by atoms with E-state index >= 15 is 0 Å². The van der Waals surface area contributed by atoms with Gasteiger partial charge in [0.2, 0.25) is 11.8 Å². The number of carbonyl (C=O) groups is 2. The molecule has 0 aromatic heterocycles. The third-order valence-electron chi connectivity index (χ3n) is 5.68. The van der Waals surface area contributed by atoms with Gasteiger partial charge in [0.1, 0.15) is 11.9 Å². The van der Waals surface area contributed by atoms with Crippen molar-refractivity contribution in [3.63, 3.8) is 0 Å². The van der Waals surface area contributed by atoms with Gasteiger partial charge >= 0.3 is 0 Å². The molecular weight excluding hydrogens is 368 g/mol. The van der Waals surface area contributed by atoms with Crippen molar-refractivity contribution < 1.29 is 19.1 Å². The molecule has 0 radical (unpaired) electrons. The maximum absolute atomic E-state index is 12.7. The number of halogens is 1. The van der Waals surface area contributed by atoms with Crippen LogP contribution in [0.5, 0.6) is 5.75 Å². The fourth-order valence-corrected chi connectivity index (χ4v) is 4.44. The molecule has 27 heavy (non-hydrogen) atoms. The van der Waals surface area contributed by atoms with Crippen molar-refractivity contribution in [1.82, 2.24) is 9.80 Å². The first-order valence-electron chi connectivity index (χ1n) is 9.65. The van der Waals surface area contributed by atoms with Gasteiger partial charge in [0.25, 0.3) is 0 Å². The van der Waals surface area contributed by atoms with Gasteiger partial charge in [-0.15, -0.1) is 0 Å². The van der Waals surface area contributed by atoms with Gasteiger partial charge in [0.05, 0.1) is 18.8 Å². The summed E-state index contributed by atoms with van der Waals surface area (Å²) in [6.45, 7) is 2.72. The number of amides is 2. The average Bonchev–Trinajstić information content (AvgIpc) is 3.23. The summed E-state index contributed by atoms with van der Waals surface area (Å²) in [5.74, 6) is 0.889. The highest BCUT2D eigenvalue weighted by Crippen LogP contribution is 2.36. The highest BCUT2D eigenvalue weighted by atomic mass is 35.5. The van der Waals surface area contributed by atoms with E-state index in [-0.39, 0.29) is 30.1 Å². The van der Waals surface area contributed by atoms with Crippen molar-refractivity contribution in [1.29, 1.82) is 0 Å². The van der Waals surface area contributed by atoms with E-state index in [2.05, 4.69) is 0 Å². The Kier molecular flexibility index (Phi) is 5.28. The molecule has 0 aliphatic carbocycles. The summed E-state index contributed by atoms with van der Waals surface area (Å²) in [6, 6.07) is 7.33. The normalized spacial score (nSPS) is 28.2. The Labute approximate surface area is 164 Å². The molecule has 3 aliphatic heterocycles. The van der Waals surface area contributed by atoms with Crippen molar-refractivity contribution >= 4 is 23.4 Å². The van der Waals surface area contributed by atoms with E-state index in [0.717, 1.165) is 38.0 Å². The zero-order valence-electron chi connectivity index (χ0n) is 15.4. The maximum atomic E-state index is 12.7. The van der Waals surface area contributed by atoms with E-state index in [4.69, 9.17) is 21.1 Å². The number of hydrogen-bond donors (Lipinski definition) is 0. The van der Waals surface area contributed by atoms with Gasteiger partial charge in [0, 0.05) is 37.5 Å². The average molecular weight is 393 g/mol. The minimum absolute atomic E-state index is 0.0231. The van der Waals surface area contributed by atoms with Gasteiger partial charge in [-0.2, -0.15) is 0 Å². The number of piperidine rings is 1. The molecule has 3 aliphatic rings. The molecule has 1 spiro atoms. The Bertz CT molecular complexity index is 710. The molecule has 4 rings (SSSR count). The molecule has 2 amide bonds. The SMILES string of the molecule is O=C1CCCN1CC(=O)N1CCC[C@@]2(C[C@@H](Oc3ccc(Cl)cc3)CO2)C1. The molecule has 1 aromatic carbocycles. The Morgan fingerprint density at radius 1 is 1.26 bits per heavy atom. The number of nitrogens with zero attached hydrogens (tertiary/aromatic N) is 2. The minimum atomic E-state index is -0.333. The number of rotatable bonds is 4. The highest BCUT2D eigenvalue weighted by Gasteiger charge is 2.45. The van der Waals surface area contributed by atoms with Gasteiger partial charge in [-0.1, -0.05) is 11.6 Å². The lowest BCUT2D eigenvalue weighted by molar-refractivity contribution is -0.143. The summed E-state index contributed by atoms with van der Waals surface area (Å²) < 4.78 is 12.2. The lowest BCUT2D eigenvalue weighted by Crippen LogP contribution is -2.52. The van der Waals surface area contributed by atoms with E-state index in [0.29, 0.717) is 31.1 Å². The summed E-state index contributed by atoms with van der Waals surface area (Å²) in [5, 5.41) is 0.680. The first-order valence-corrected chi connectivity index (χ1v) is 10.0. The maximum Gasteiger partial charge on any atom is 0.242 e. The molecule has 1 aromatic rings. The van der Waals surface area contributed by atoms with Crippen molar-refractivity contribution in [2.24, 2.45) is 0 Å². The highest BCUT2D eigenvalue weighted by molar-refractivity contribution is 6.30. The van der Waals surface area contributed by atoms with Gasteiger partial charge < -0.3 is 19.3 Å². The molecule has 3 heterocycles. The second kappa shape index (κ2) is 7.68. The Morgan fingerprint density at radius 2 is 2.07 bits per heavy atom. The first-order chi connectivity index (χ1) is 13.0. The lowest BCUT2D eigenvalue weighted by Gasteiger charge is -2.40. The number of hydrogen-bond acceptors (Lipinski definition) is 4. The van der Waals surface area contributed by atoms with Crippen molar-refractivity contribution in [3.05, 3.63) is 29.3 Å². The molecule has 0 bridgehead atoms. The quantitative estimate of drug-likeness (QED) is 0.789. The first kappa shape index (κ1) is 18.6. The van der Waals surface area contributed by atoms with E-state index in [9.17, 15) is 9.59 Å². The van der Waals surface area contributed by atoms with E-state index in [1.165, 1.54) is 0 Å². The van der Waals surface area contributed by atoms with Crippen LogP contribution in [-0.2, 0) is 14.3 Å². The van der Waals surface area contributed by atoms with Crippen LogP contribution in [0.25, 0.3) is 0 Å². The molecule has 0 saturated carbocycles. The Morgan fingerprint density at radius 3 is 2.81 bits per heavy atom. The number of benzene rings is 1. The summed E-state index contributed by atoms with van der Waals surface area (Å²) in [4.78, 5) is 28.0. The summed E-state index contributed by atoms with van der Waals surface area (Å²) >= 11 is 5.92. The van der Waals surface area contributed by atoms with Crippen LogP contribution >= 0.6 is 11.6 Å². The standard InChI is InChI=1S/C20H25ClN2O4/c21-15-4-6-16(7-5-15)27-17-11-20(26-13-17)8-2-10-23(14-20)19(25)12-22-9-1-3-18(22)24/h4-7,17H,1-3,8-14H2/t17-,20-/m1/s1. The summed E-state index contributed by atoms with van der Waals surface area (Å²) in [6.07, 6.45) is 3.99. The van der Waals surface area contributed by atoms with Gasteiger partial charge in [-0.3, -0.25) is 9.59 Å². The van der Waals surface area contributed by atoms with E-state index in [1.54, 1.807) is 4.90 Å². The van der Waals surface area contributed by atoms with Crippen LogP contribution in [0.4, 0.5) is 0 Å². The predicted octanol–water partition coefficient (Wildman–Crippen LogP) is 2.49. The summed E-state index contributed by atoms with van der Waals surface area (Å²) in [7, 11) is 0. The third kappa shape index (κ3) is 4.22. The Hall–Kier alpha value is -1.79. The van der Waals surface area contributed by atoms with Gasteiger partial charge in [-0.05, 0) is 43.5 Å². The molecule has 146 valence electrons. The monoisotopic (exact) mass is 392 g/mol. The molecule has 2 atom stereocenters. The lowest BCUT2D eigenvalue weighted by atomic mass is 9.89. The van der Waals surface area contributed by atoms with Crippen LogP contribution in [0, 0.1) is 0 Å². The van der Waals surface area contributed by atoms with Gasteiger partial charge in [-0.25, -0.2) is 0 Å². The van der Waals surface area contributed by atoms with Crippen LogP contribution < -0.4 is 4.74 Å². The third-order valence-corrected chi connectivity index (χ3v) is 5.93. The second-order valence-corrected chi connectivity index (χ2v) is 8.17. The largest absolute Gasteiger partial charge is 0.488 e. The van der Waals surface area contributed by atoms with Gasteiger partial charge in [0.15, 0.2) is 0 Å². The second-order valence-electron chi connectivity index (χ2n) is 7.73. The minimum Gasteiger partial charge on any atom is -0.488 e. The topological polar surface area (TPSA) is 59.1 Å². The Balaban J connectivity index is 1.34. The van der Waals surface area contributed by atoms with E-state index < -0.39 is 0 Å². The number of likely N-dealkylation sites (tertiary alicyclic amines) is 2. The molecule has 0 unspecified atom stereocenters. The molecule has 0 N–H and O–H groups in total. The van der Waals surface area contributed by atoms with Crippen molar-refractivity contribution in [3.8, 4) is 5.75 Å². The predicted molar refractivity (Wildman–Crippen MR) is 101 cm³/mol. The number of ether oxygens (including phenoxy) is 2. The fraction of sp³-hybridized carbons (Fsp3) is 0.600. The van der Waals surface area contributed by atoms with Crippen LogP contribution in [-0.4, -0.2) is 66.1 Å². The van der Waals surface area contributed by atoms with Crippen molar-refractivity contribution in [2.45, 2.75) is 43.8 Å². The molecule has 3 saturated heterocycles. The summed E-state index contributed by atoms with van der Waals surface area (Å²) in [5.41, 5.74) is -0.333. The van der Waals surface area contributed by atoms with Crippen LogP contribution in [0.1, 0.15) is 32.1 Å². The smallest absolute Gasteiger partial charge is 0.242 e.